The van der Waals surface area contributed by atoms with Crippen molar-refractivity contribution in [3.8, 4) is 0 Å². The largest absolute Gasteiger partial charge is 0.288 e. The van der Waals surface area contributed by atoms with Crippen molar-refractivity contribution in [2.45, 2.75) is 6.92 Å². The quantitative estimate of drug-likeness (QED) is 0.506. The molecule has 0 unspecified atom stereocenters. The smallest absolute Gasteiger partial charge is 0.276 e. The molecule has 0 spiro atoms. The number of hydrogen-bond donors (Lipinski definition) is 2. The molecule has 2 aromatic carbocycles. The molecule has 0 radical (unpaired) electrons. The summed E-state index contributed by atoms with van der Waals surface area (Å²) in [6.07, 6.45) is 1.07. The molecule has 130 valence electrons. The van der Waals surface area contributed by atoms with E-state index in [1.165, 1.54) is 43.7 Å². The van der Waals surface area contributed by atoms with E-state index >= 15 is 0 Å². The van der Waals surface area contributed by atoms with E-state index in [2.05, 4.69) is 5.10 Å². The van der Waals surface area contributed by atoms with Crippen LogP contribution in [0.1, 0.15) is 31.8 Å². The van der Waals surface area contributed by atoms with Gasteiger partial charge in [0.2, 0.25) is 0 Å². The van der Waals surface area contributed by atoms with Gasteiger partial charge in [0.15, 0.2) is 0 Å². The van der Waals surface area contributed by atoms with Gasteiger partial charge in [-0.15, -0.1) is 0 Å². The highest BCUT2D eigenvalue weighted by atomic mass is 19.1. The standard InChI is InChI=1S/C17H15F2N3O3/c1-10-4-3-5-13(15(10)19)17(24)22(2)20-9-12-7-6-11(8-14(12)18)16(23)21-25/h3-9,25H,1-2H3,(H,21,23). The SMILES string of the molecule is Cc1cccc(C(=O)N(C)N=Cc2ccc(C(=O)NO)cc2F)c1F. The maximum Gasteiger partial charge on any atom is 0.276 e. The monoisotopic (exact) mass is 347 g/mol. The van der Waals surface area contributed by atoms with Gasteiger partial charge >= 0.3 is 0 Å². The molecule has 0 atom stereocenters. The van der Waals surface area contributed by atoms with Crippen LogP contribution in [0.5, 0.6) is 0 Å². The van der Waals surface area contributed by atoms with E-state index in [9.17, 15) is 18.4 Å². The van der Waals surface area contributed by atoms with E-state index < -0.39 is 23.4 Å². The average molecular weight is 347 g/mol. The zero-order valence-electron chi connectivity index (χ0n) is 13.5. The number of nitrogens with one attached hydrogen (secondary N) is 1. The molecule has 2 rings (SSSR count). The normalized spacial score (nSPS) is 10.8. The molecular weight excluding hydrogens is 332 g/mol. The molecule has 0 heterocycles. The summed E-state index contributed by atoms with van der Waals surface area (Å²) in [7, 11) is 1.31. The Balaban J connectivity index is 2.19. The first-order valence-electron chi connectivity index (χ1n) is 7.16. The number of hydroxylamine groups is 1. The van der Waals surface area contributed by atoms with Crippen LogP contribution in [0.25, 0.3) is 0 Å². The van der Waals surface area contributed by atoms with Crippen LogP contribution in [0.15, 0.2) is 41.5 Å². The summed E-state index contributed by atoms with van der Waals surface area (Å²) in [5.41, 5.74) is 1.51. The molecule has 0 aliphatic rings. The average Bonchev–Trinajstić information content (AvgIpc) is 2.61. The molecule has 0 saturated heterocycles. The van der Waals surface area contributed by atoms with Gasteiger partial charge in [0.05, 0.1) is 11.8 Å². The molecule has 0 saturated carbocycles. The zero-order valence-corrected chi connectivity index (χ0v) is 13.5. The fraction of sp³-hybridized carbons (Fsp3) is 0.118. The van der Waals surface area contributed by atoms with Gasteiger partial charge in [-0.3, -0.25) is 14.8 Å². The second kappa shape index (κ2) is 7.63. The zero-order chi connectivity index (χ0) is 18.6. The molecule has 0 aliphatic heterocycles. The van der Waals surface area contributed by atoms with Crippen LogP contribution >= 0.6 is 0 Å². The van der Waals surface area contributed by atoms with Crippen molar-refractivity contribution in [2.24, 2.45) is 5.10 Å². The summed E-state index contributed by atoms with van der Waals surface area (Å²) in [4.78, 5) is 23.4. The summed E-state index contributed by atoms with van der Waals surface area (Å²) in [5, 5.41) is 13.2. The molecule has 2 aromatic rings. The van der Waals surface area contributed by atoms with E-state index in [0.29, 0.717) is 5.56 Å². The number of halogens is 2. The molecule has 0 bridgehead atoms. The second-order valence-corrected chi connectivity index (χ2v) is 5.19. The molecule has 8 heteroatoms. The summed E-state index contributed by atoms with van der Waals surface area (Å²) < 4.78 is 27.9. The molecule has 0 fully saturated rings. The highest BCUT2D eigenvalue weighted by molar-refractivity contribution is 5.96. The van der Waals surface area contributed by atoms with E-state index in [1.54, 1.807) is 6.07 Å². The lowest BCUT2D eigenvalue weighted by molar-refractivity contribution is 0.0705. The molecule has 0 aromatic heterocycles. The first kappa shape index (κ1) is 18.2. The Morgan fingerprint density at radius 3 is 2.60 bits per heavy atom. The number of hydrogen-bond acceptors (Lipinski definition) is 4. The molecular formula is C17H15F2N3O3. The summed E-state index contributed by atoms with van der Waals surface area (Å²) in [5.74, 6) is -2.95. The molecule has 0 aliphatic carbocycles. The van der Waals surface area contributed by atoms with Crippen LogP contribution < -0.4 is 5.48 Å². The predicted octanol–water partition coefficient (Wildman–Crippen LogP) is 2.50. The lowest BCUT2D eigenvalue weighted by Gasteiger charge is -2.12. The van der Waals surface area contributed by atoms with Gasteiger partial charge in [0.25, 0.3) is 11.8 Å². The van der Waals surface area contributed by atoms with Gasteiger partial charge in [0.1, 0.15) is 11.6 Å². The highest BCUT2D eigenvalue weighted by Crippen LogP contribution is 2.14. The van der Waals surface area contributed by atoms with Gasteiger partial charge in [0, 0.05) is 18.2 Å². The third-order valence-corrected chi connectivity index (χ3v) is 3.45. The molecule has 2 N–H and O–H groups in total. The van der Waals surface area contributed by atoms with Crippen LogP contribution in [0.3, 0.4) is 0 Å². The Morgan fingerprint density at radius 1 is 1.24 bits per heavy atom. The molecule has 25 heavy (non-hydrogen) atoms. The Morgan fingerprint density at radius 2 is 1.96 bits per heavy atom. The maximum absolute atomic E-state index is 14.0. The van der Waals surface area contributed by atoms with Gasteiger partial charge in [-0.1, -0.05) is 12.1 Å². The Labute approximate surface area is 142 Å². The third kappa shape index (κ3) is 4.04. The minimum atomic E-state index is -0.857. The van der Waals surface area contributed by atoms with Crippen molar-refractivity contribution in [1.29, 1.82) is 0 Å². The van der Waals surface area contributed by atoms with Crippen LogP contribution in [0.4, 0.5) is 8.78 Å². The lowest BCUT2D eigenvalue weighted by Crippen LogP contribution is -2.23. The number of hydrazone groups is 1. The first-order chi connectivity index (χ1) is 11.8. The van der Waals surface area contributed by atoms with Crippen LogP contribution in [0.2, 0.25) is 0 Å². The Bertz CT molecular complexity index is 853. The number of rotatable bonds is 4. The van der Waals surface area contributed by atoms with Crippen molar-refractivity contribution in [1.82, 2.24) is 10.5 Å². The second-order valence-electron chi connectivity index (χ2n) is 5.19. The maximum atomic E-state index is 14.0. The number of aryl methyl sites for hydroxylation is 1. The van der Waals surface area contributed by atoms with Gasteiger partial charge < -0.3 is 0 Å². The van der Waals surface area contributed by atoms with E-state index in [-0.39, 0.29) is 16.7 Å². The van der Waals surface area contributed by atoms with Crippen molar-refractivity contribution in [3.05, 3.63) is 70.3 Å². The predicted molar refractivity (Wildman–Crippen MR) is 86.5 cm³/mol. The number of amides is 2. The van der Waals surface area contributed by atoms with Gasteiger partial charge in [-0.25, -0.2) is 19.3 Å². The minimum Gasteiger partial charge on any atom is -0.288 e. The van der Waals surface area contributed by atoms with Crippen molar-refractivity contribution in [3.63, 3.8) is 0 Å². The van der Waals surface area contributed by atoms with E-state index in [0.717, 1.165) is 17.3 Å². The fourth-order valence-electron chi connectivity index (χ4n) is 2.03. The number of carbonyl (C=O) groups is 2. The first-order valence-corrected chi connectivity index (χ1v) is 7.16. The van der Waals surface area contributed by atoms with Crippen LogP contribution in [-0.2, 0) is 0 Å². The van der Waals surface area contributed by atoms with Crippen molar-refractivity contribution >= 4 is 18.0 Å². The number of carbonyl (C=O) groups excluding carboxylic acids is 2. The summed E-state index contributed by atoms with van der Waals surface area (Å²) in [6.45, 7) is 1.54. The Kier molecular flexibility index (Phi) is 5.56. The van der Waals surface area contributed by atoms with Crippen LogP contribution in [-0.4, -0.2) is 35.3 Å². The summed E-state index contributed by atoms with van der Waals surface area (Å²) >= 11 is 0. The summed E-state index contributed by atoms with van der Waals surface area (Å²) in [6, 6.07) is 7.87. The molecule has 6 nitrogen and oxygen atoms in total. The van der Waals surface area contributed by atoms with Gasteiger partial charge in [-0.2, -0.15) is 5.10 Å². The van der Waals surface area contributed by atoms with E-state index in [4.69, 9.17) is 5.21 Å². The van der Waals surface area contributed by atoms with Crippen molar-refractivity contribution < 1.29 is 23.6 Å². The topological polar surface area (TPSA) is 82.0 Å². The lowest BCUT2D eigenvalue weighted by atomic mass is 10.1. The number of benzene rings is 2. The fourth-order valence-corrected chi connectivity index (χ4v) is 2.03. The highest BCUT2D eigenvalue weighted by Gasteiger charge is 2.17. The number of nitrogens with zero attached hydrogens (tertiary/aromatic N) is 2. The minimum absolute atomic E-state index is 0.0128. The van der Waals surface area contributed by atoms with Crippen molar-refractivity contribution in [2.75, 3.05) is 7.05 Å². The van der Waals surface area contributed by atoms with E-state index in [1.807, 2.05) is 0 Å². The molecule has 2 amide bonds. The third-order valence-electron chi connectivity index (χ3n) is 3.45. The van der Waals surface area contributed by atoms with Crippen LogP contribution in [0, 0.1) is 18.6 Å². The Hall–Kier alpha value is -3.13. The van der Waals surface area contributed by atoms with Gasteiger partial charge in [-0.05, 0) is 36.8 Å².